The zero-order valence-electron chi connectivity index (χ0n) is 25.9. The molecule has 1 fully saturated rings. The van der Waals surface area contributed by atoms with Gasteiger partial charge >= 0.3 is 0 Å². The molecule has 212 valence electrons. The van der Waals surface area contributed by atoms with Gasteiger partial charge in [0.1, 0.15) is 18.4 Å². The number of aliphatic hydroxyl groups excluding tert-OH is 1. The molecule has 6 atom stereocenters. The van der Waals surface area contributed by atoms with Gasteiger partial charge in [-0.3, -0.25) is 9.80 Å². The van der Waals surface area contributed by atoms with Gasteiger partial charge in [0.25, 0.3) is 0 Å². The zero-order chi connectivity index (χ0) is 30.5. The van der Waals surface area contributed by atoms with Crippen LogP contribution >= 0.6 is 21.6 Å². The summed E-state index contributed by atoms with van der Waals surface area (Å²) in [5.41, 5.74) is 9.55. The van der Waals surface area contributed by atoms with Crippen molar-refractivity contribution < 1.29 is 19.3 Å². The summed E-state index contributed by atoms with van der Waals surface area (Å²) >= 11 is 3.60. The molecule has 1 N–H and O–H groups in total. The van der Waals surface area contributed by atoms with Crippen LogP contribution in [0.3, 0.4) is 0 Å². The fraction of sp³-hybridized carbons (Fsp3) is 0.500. The van der Waals surface area contributed by atoms with E-state index in [4.69, 9.17) is 22.1 Å². The Bertz CT molecular complexity index is 1440. The van der Waals surface area contributed by atoms with Gasteiger partial charge in [0.2, 0.25) is 14.5 Å². The predicted octanol–water partition coefficient (Wildman–Crippen LogP) is 4.04. The van der Waals surface area contributed by atoms with Crippen molar-refractivity contribution in [3.05, 3.63) is 63.2 Å². The highest BCUT2D eigenvalue weighted by molar-refractivity contribution is 8.20. The lowest BCUT2D eigenvalue weighted by molar-refractivity contribution is -0.0821. The first kappa shape index (κ1) is 26.7. The number of ether oxygens (including phenoxy) is 3. The van der Waals surface area contributed by atoms with E-state index in [-0.39, 0.29) is 49.8 Å². The van der Waals surface area contributed by atoms with Gasteiger partial charge in [-0.15, -0.1) is 0 Å². The average Bonchev–Trinajstić information content (AvgIpc) is 3.43. The largest absolute Gasteiger partial charge is 0.489 e. The first-order valence-electron chi connectivity index (χ1n) is 14.7. The molecule has 1 saturated heterocycles. The highest BCUT2D eigenvalue weighted by atomic mass is 32.1. The van der Waals surface area contributed by atoms with E-state index in [1.807, 2.05) is 6.92 Å². The Labute approximate surface area is 249 Å². The summed E-state index contributed by atoms with van der Waals surface area (Å²) < 4.78 is 32.4. The van der Waals surface area contributed by atoms with Crippen LogP contribution in [0, 0.1) is 39.0 Å². The number of nitrogens with zero attached hydrogens (tertiary/aromatic N) is 3. The van der Waals surface area contributed by atoms with E-state index in [1.54, 1.807) is 6.08 Å². The Morgan fingerprint density at radius 2 is 2.00 bits per heavy atom. The standard InChI is InChI=1S/C30H35N3O4.BH4PS/c1-7-8-35-28-18(5)29-30(37-14-36-29)26-20(28)11-22-27-25-17(4)16(3)15(2)9-19(25)10-21(32(27)6)23(12-31)33(22)24(26)13-34;2-1-3/h7,9,21-24,27,34H,1,8,10-11,13-14H2,2-6H3;1,3H,2H2/t21-,22?,23-,24-,27?;/m0./s1/i34T;1D. The maximum atomic E-state index is 10.6. The van der Waals surface area contributed by atoms with Crippen LogP contribution in [-0.4, -0.2) is 69.1 Å². The van der Waals surface area contributed by atoms with Gasteiger partial charge in [-0.05, 0) is 76.7 Å². The molecule has 0 saturated carbocycles. The van der Waals surface area contributed by atoms with E-state index in [2.05, 4.69) is 77.9 Å². The van der Waals surface area contributed by atoms with Crippen molar-refractivity contribution in [2.24, 2.45) is 0 Å². The molecular formula is C30H39BN3O4PS. The van der Waals surface area contributed by atoms with Crippen molar-refractivity contribution in [3.8, 4) is 23.3 Å². The van der Waals surface area contributed by atoms with E-state index in [0.717, 1.165) is 28.9 Å². The molecule has 6 rings (SSSR count). The van der Waals surface area contributed by atoms with Crippen LogP contribution in [0.25, 0.3) is 0 Å². The van der Waals surface area contributed by atoms with E-state index >= 15 is 0 Å². The van der Waals surface area contributed by atoms with Crippen LogP contribution in [0.5, 0.6) is 17.2 Å². The van der Waals surface area contributed by atoms with Gasteiger partial charge in [0, 0.05) is 28.8 Å². The Morgan fingerprint density at radius 3 is 2.67 bits per heavy atom. The molecule has 4 heterocycles. The smallest absolute Gasteiger partial charge is 0.231 e. The lowest BCUT2D eigenvalue weighted by Crippen LogP contribution is -2.68. The summed E-state index contributed by atoms with van der Waals surface area (Å²) in [6.07, 6.45) is 2.93. The van der Waals surface area contributed by atoms with Gasteiger partial charge in [0.05, 0.1) is 24.8 Å². The molecule has 4 aliphatic heterocycles. The van der Waals surface area contributed by atoms with Crippen molar-refractivity contribution in [1.29, 1.82) is 8.03 Å². The van der Waals surface area contributed by atoms with E-state index < -0.39 is 0 Å². The Hall–Kier alpha value is -2.21. The third kappa shape index (κ3) is 4.35. The van der Waals surface area contributed by atoms with Crippen molar-refractivity contribution >= 4 is 27.8 Å². The van der Waals surface area contributed by atoms with E-state index in [9.17, 15) is 5.26 Å². The number of fused-ring (bicyclic) bond motifs is 9. The van der Waals surface area contributed by atoms with Crippen LogP contribution < -0.4 is 14.2 Å². The van der Waals surface area contributed by atoms with Crippen LogP contribution in [0.1, 0.15) is 56.6 Å². The molecule has 10 heteroatoms. The number of hydrogen-bond donors (Lipinski definition) is 2. The van der Waals surface area contributed by atoms with Crippen LogP contribution in [0.15, 0.2) is 18.7 Å². The molecule has 0 amide bonds. The van der Waals surface area contributed by atoms with E-state index in [1.165, 1.54) is 27.8 Å². The Morgan fingerprint density at radius 1 is 1.27 bits per heavy atom. The number of benzene rings is 2. The number of likely N-dealkylation sites (N-methyl/N-ethyl adjacent to an activating group) is 1. The summed E-state index contributed by atoms with van der Waals surface area (Å²) in [6, 6.07) is 4.37. The third-order valence-electron chi connectivity index (χ3n) is 9.29. The lowest BCUT2D eigenvalue weighted by atomic mass is 9.70. The van der Waals surface area contributed by atoms with Crippen LogP contribution in [0.2, 0.25) is 0 Å². The topological polar surface area (TPSA) is 78.2 Å². The first-order chi connectivity index (χ1) is 20.1. The SMILES string of the molecule is [2H]B(P)S.[3H]OC[C@H]1c2c(c(OCC=C)c(C)c3c2OCO3)CC2C3c4c(cc(C)c(C)c4C)C[C@@H]([C@H](C#N)N21)N3C. The molecule has 2 bridgehead atoms. The maximum Gasteiger partial charge on any atom is 0.231 e. The molecule has 3 unspecified atom stereocenters. The molecule has 0 aromatic heterocycles. The monoisotopic (exact) mass is 582 g/mol. The normalized spacial score (nSPS) is 26.6. The minimum Gasteiger partial charge on any atom is -0.489 e. The van der Waals surface area contributed by atoms with Gasteiger partial charge in [-0.1, -0.05) is 18.7 Å². The second-order valence-electron chi connectivity index (χ2n) is 11.0. The predicted molar refractivity (Wildman–Crippen MR) is 166 cm³/mol. The molecule has 7 nitrogen and oxygen atoms in total. The summed E-state index contributed by atoms with van der Waals surface area (Å²) in [5.74, 6) is 2.14. The molecule has 2 aromatic rings. The number of aryl methyl sites for hydroxylation is 1. The third-order valence-corrected chi connectivity index (χ3v) is 9.29. The number of thiol groups is 1. The number of aliphatic hydroxyl groups is 1. The van der Waals surface area contributed by atoms with Gasteiger partial charge in [-0.2, -0.15) is 14.4 Å². The van der Waals surface area contributed by atoms with Crippen molar-refractivity contribution in [1.82, 2.24) is 9.80 Å². The molecule has 40 heavy (non-hydrogen) atoms. The zero-order valence-corrected chi connectivity index (χ0v) is 25.9. The Kier molecular flexibility index (Phi) is 7.73. The molecule has 0 radical (unpaired) electrons. The van der Waals surface area contributed by atoms with Crippen LogP contribution in [-0.2, 0) is 12.8 Å². The van der Waals surface area contributed by atoms with Crippen molar-refractivity contribution in [2.75, 3.05) is 27.1 Å². The van der Waals surface area contributed by atoms with Gasteiger partial charge in [0.15, 0.2) is 11.5 Å². The number of nitriles is 1. The first-order valence-corrected chi connectivity index (χ1v) is 14.9. The van der Waals surface area contributed by atoms with Crippen molar-refractivity contribution in [3.63, 3.8) is 0 Å². The molecule has 4 aliphatic rings. The average molecular weight is 583 g/mol. The summed E-state index contributed by atoms with van der Waals surface area (Å²) in [6.45, 7) is 13.1. The molecule has 2 aromatic carbocycles. The quantitative estimate of drug-likeness (QED) is 0.239. The second kappa shape index (κ2) is 11.6. The molecule has 0 aliphatic carbocycles. The van der Waals surface area contributed by atoms with Crippen LogP contribution in [0.4, 0.5) is 0 Å². The number of piperazine rings is 1. The van der Waals surface area contributed by atoms with Crippen molar-refractivity contribution in [2.45, 2.75) is 70.7 Å². The summed E-state index contributed by atoms with van der Waals surface area (Å²) in [4.78, 5) is 4.74. The number of rotatable bonds is 5. The minimum absolute atomic E-state index is 0.0146. The fourth-order valence-corrected chi connectivity index (χ4v) is 7.47. The summed E-state index contributed by atoms with van der Waals surface area (Å²) in [7, 11) is 4.36. The van der Waals surface area contributed by atoms with Gasteiger partial charge < -0.3 is 19.3 Å². The minimum atomic E-state index is -0.374. The molecular weight excluding hydrogens is 540 g/mol. The van der Waals surface area contributed by atoms with Gasteiger partial charge in [-0.25, -0.2) is 12.5 Å². The number of hydrogen-bond acceptors (Lipinski definition) is 8. The van der Waals surface area contributed by atoms with E-state index in [0.29, 0.717) is 24.5 Å². The highest BCUT2D eigenvalue weighted by Gasteiger charge is 2.56. The highest BCUT2D eigenvalue weighted by Crippen LogP contribution is 2.57. The maximum absolute atomic E-state index is 10.6. The lowest BCUT2D eigenvalue weighted by Gasteiger charge is -2.60. The Balaban J connectivity index is 0.000000830. The summed E-state index contributed by atoms with van der Waals surface area (Å²) in [5, 5.41) is 15.7. The second-order valence-corrected chi connectivity index (χ2v) is 12.2. The molecule has 0 spiro atoms. The fourth-order valence-electron chi connectivity index (χ4n) is 7.47.